The number of nitrogens with one attached hydrogen (secondary N) is 2. The minimum atomic E-state index is -0.459. The Kier molecular flexibility index (Phi) is 6.06. The van der Waals surface area contributed by atoms with Gasteiger partial charge in [-0.1, -0.05) is 28.9 Å². The number of benzene rings is 1. The maximum Gasteiger partial charge on any atom is 0.271 e. The molecule has 2 aromatic rings. The zero-order valence-corrected chi connectivity index (χ0v) is 14.3. The molecular weight excluding hydrogens is 338 g/mol. The molecule has 1 aromatic carbocycles. The first-order valence-electron chi connectivity index (χ1n) is 6.82. The maximum absolute atomic E-state index is 11.9. The molecule has 0 unspecified atom stereocenters. The number of thioether (sulfide) groups is 1. The van der Waals surface area contributed by atoms with Crippen molar-refractivity contribution in [3.8, 4) is 0 Å². The standard InChI is InChI=1S/C15H16ClN3O3S/c1-9-12(10(2)22-19-9)7-23-8-14(20)17-18-15(21)11-5-3-4-6-13(11)16/h3-6H,7-8H2,1-2H3,(H,17,20)(H,18,21). The van der Waals surface area contributed by atoms with Gasteiger partial charge in [-0.3, -0.25) is 20.4 Å². The van der Waals surface area contributed by atoms with Crippen molar-refractivity contribution in [2.45, 2.75) is 19.6 Å². The third-order valence-electron chi connectivity index (χ3n) is 3.09. The molecule has 0 fully saturated rings. The fraction of sp³-hybridized carbons (Fsp3) is 0.267. The number of hydrogen-bond donors (Lipinski definition) is 2. The fourth-order valence-electron chi connectivity index (χ4n) is 1.83. The van der Waals surface area contributed by atoms with E-state index in [9.17, 15) is 9.59 Å². The van der Waals surface area contributed by atoms with Gasteiger partial charge in [0, 0.05) is 11.3 Å². The van der Waals surface area contributed by atoms with Crippen molar-refractivity contribution < 1.29 is 14.1 Å². The number of hydrogen-bond acceptors (Lipinski definition) is 5. The quantitative estimate of drug-likeness (QED) is 0.807. The summed E-state index contributed by atoms with van der Waals surface area (Å²) in [5.74, 6) is 0.809. The third-order valence-corrected chi connectivity index (χ3v) is 4.38. The molecule has 0 saturated carbocycles. The van der Waals surface area contributed by atoms with Gasteiger partial charge < -0.3 is 4.52 Å². The molecule has 0 saturated heterocycles. The molecule has 0 radical (unpaired) electrons. The maximum atomic E-state index is 11.9. The number of carbonyl (C=O) groups excluding carboxylic acids is 2. The average Bonchev–Trinajstić information content (AvgIpc) is 2.85. The molecule has 0 aliphatic heterocycles. The van der Waals surface area contributed by atoms with Gasteiger partial charge in [-0.05, 0) is 26.0 Å². The summed E-state index contributed by atoms with van der Waals surface area (Å²) < 4.78 is 5.06. The van der Waals surface area contributed by atoms with E-state index in [2.05, 4.69) is 16.0 Å². The molecule has 0 aliphatic rings. The summed E-state index contributed by atoms with van der Waals surface area (Å²) in [6.07, 6.45) is 0. The van der Waals surface area contributed by atoms with E-state index in [1.165, 1.54) is 11.8 Å². The summed E-state index contributed by atoms with van der Waals surface area (Å²) in [6, 6.07) is 6.61. The van der Waals surface area contributed by atoms with Gasteiger partial charge in [0.2, 0.25) is 5.91 Å². The summed E-state index contributed by atoms with van der Waals surface area (Å²) >= 11 is 7.32. The van der Waals surface area contributed by atoms with E-state index in [4.69, 9.17) is 16.1 Å². The van der Waals surface area contributed by atoms with E-state index < -0.39 is 5.91 Å². The monoisotopic (exact) mass is 353 g/mol. The molecule has 1 aromatic heterocycles. The second-order valence-corrected chi connectivity index (χ2v) is 6.17. The average molecular weight is 354 g/mol. The number of rotatable bonds is 5. The topological polar surface area (TPSA) is 84.2 Å². The van der Waals surface area contributed by atoms with E-state index in [1.54, 1.807) is 24.3 Å². The van der Waals surface area contributed by atoms with Crippen LogP contribution in [-0.4, -0.2) is 22.7 Å². The van der Waals surface area contributed by atoms with Crippen LogP contribution in [0.25, 0.3) is 0 Å². The normalized spacial score (nSPS) is 10.4. The number of aromatic nitrogens is 1. The van der Waals surface area contributed by atoms with E-state index in [1.807, 2.05) is 13.8 Å². The molecule has 2 amide bonds. The highest BCUT2D eigenvalue weighted by Gasteiger charge is 2.12. The van der Waals surface area contributed by atoms with Crippen molar-refractivity contribution in [2.75, 3.05) is 5.75 Å². The summed E-state index contributed by atoms with van der Waals surface area (Å²) in [6.45, 7) is 3.69. The molecule has 0 spiro atoms. The van der Waals surface area contributed by atoms with Crippen LogP contribution in [0.3, 0.4) is 0 Å². The van der Waals surface area contributed by atoms with Crippen LogP contribution in [-0.2, 0) is 10.5 Å². The molecule has 2 rings (SSSR count). The zero-order chi connectivity index (χ0) is 16.8. The van der Waals surface area contributed by atoms with Crippen molar-refractivity contribution in [3.05, 3.63) is 51.9 Å². The van der Waals surface area contributed by atoms with E-state index >= 15 is 0 Å². The summed E-state index contributed by atoms with van der Waals surface area (Å²) in [5, 5.41) is 4.18. The lowest BCUT2D eigenvalue weighted by Gasteiger charge is -2.08. The van der Waals surface area contributed by atoms with E-state index in [0.29, 0.717) is 16.3 Å². The number of nitrogens with zero attached hydrogens (tertiary/aromatic N) is 1. The first-order chi connectivity index (χ1) is 11.0. The number of carbonyl (C=O) groups is 2. The number of amides is 2. The highest BCUT2D eigenvalue weighted by Crippen LogP contribution is 2.19. The predicted octanol–water partition coefficient (Wildman–Crippen LogP) is 2.64. The van der Waals surface area contributed by atoms with Crippen LogP contribution >= 0.6 is 23.4 Å². The van der Waals surface area contributed by atoms with Gasteiger partial charge in [0.1, 0.15) is 5.76 Å². The SMILES string of the molecule is Cc1noc(C)c1CSCC(=O)NNC(=O)c1ccccc1Cl. The smallest absolute Gasteiger partial charge is 0.271 e. The lowest BCUT2D eigenvalue weighted by molar-refractivity contribution is -0.119. The third kappa shape index (κ3) is 4.74. The highest BCUT2D eigenvalue weighted by atomic mass is 35.5. The predicted molar refractivity (Wildman–Crippen MR) is 89.2 cm³/mol. The van der Waals surface area contributed by atoms with Crippen molar-refractivity contribution >= 4 is 35.2 Å². The van der Waals surface area contributed by atoms with Gasteiger partial charge in [-0.15, -0.1) is 11.8 Å². The fourth-order valence-corrected chi connectivity index (χ4v) is 3.03. The molecule has 23 heavy (non-hydrogen) atoms. The molecule has 8 heteroatoms. The van der Waals surface area contributed by atoms with Gasteiger partial charge in [-0.2, -0.15) is 0 Å². The van der Waals surface area contributed by atoms with Crippen LogP contribution in [0.1, 0.15) is 27.4 Å². The van der Waals surface area contributed by atoms with Crippen molar-refractivity contribution in [1.29, 1.82) is 0 Å². The van der Waals surface area contributed by atoms with Crippen LogP contribution < -0.4 is 10.9 Å². The van der Waals surface area contributed by atoms with Crippen molar-refractivity contribution in [1.82, 2.24) is 16.0 Å². The first kappa shape index (κ1) is 17.4. The Bertz CT molecular complexity index is 698. The van der Waals surface area contributed by atoms with Gasteiger partial charge in [0.25, 0.3) is 5.91 Å². The van der Waals surface area contributed by atoms with Crippen molar-refractivity contribution in [2.24, 2.45) is 0 Å². The Morgan fingerprint density at radius 1 is 1.26 bits per heavy atom. The Balaban J connectivity index is 1.75. The van der Waals surface area contributed by atoms with E-state index in [0.717, 1.165) is 17.0 Å². The lowest BCUT2D eigenvalue weighted by Crippen LogP contribution is -2.42. The number of hydrazine groups is 1. The largest absolute Gasteiger partial charge is 0.361 e. The second-order valence-electron chi connectivity index (χ2n) is 4.78. The molecule has 0 aliphatic carbocycles. The minimum absolute atomic E-state index is 0.201. The minimum Gasteiger partial charge on any atom is -0.361 e. The Labute approximate surface area is 142 Å². The Morgan fingerprint density at radius 2 is 2.00 bits per heavy atom. The van der Waals surface area contributed by atoms with Gasteiger partial charge in [-0.25, -0.2) is 0 Å². The molecule has 122 valence electrons. The highest BCUT2D eigenvalue weighted by molar-refractivity contribution is 7.99. The first-order valence-corrected chi connectivity index (χ1v) is 8.35. The molecule has 2 N–H and O–H groups in total. The second kappa shape index (κ2) is 8.03. The molecular formula is C15H16ClN3O3S. The lowest BCUT2D eigenvalue weighted by atomic mass is 10.2. The summed E-state index contributed by atoms with van der Waals surface area (Å²) in [5.41, 5.74) is 6.81. The van der Waals surface area contributed by atoms with Crippen LogP contribution in [0.2, 0.25) is 5.02 Å². The van der Waals surface area contributed by atoms with E-state index in [-0.39, 0.29) is 11.7 Å². The summed E-state index contributed by atoms with van der Waals surface area (Å²) in [7, 11) is 0. The van der Waals surface area contributed by atoms with Crippen LogP contribution in [0.15, 0.2) is 28.8 Å². The Hall–Kier alpha value is -1.99. The van der Waals surface area contributed by atoms with Crippen LogP contribution in [0.5, 0.6) is 0 Å². The van der Waals surface area contributed by atoms with Gasteiger partial charge in [0.05, 0.1) is 22.0 Å². The zero-order valence-electron chi connectivity index (χ0n) is 12.7. The summed E-state index contributed by atoms with van der Waals surface area (Å²) in [4.78, 5) is 23.6. The number of aryl methyl sites for hydroxylation is 2. The molecule has 1 heterocycles. The Morgan fingerprint density at radius 3 is 2.65 bits per heavy atom. The van der Waals surface area contributed by atoms with Gasteiger partial charge in [0.15, 0.2) is 0 Å². The van der Waals surface area contributed by atoms with Gasteiger partial charge >= 0.3 is 0 Å². The van der Waals surface area contributed by atoms with Crippen LogP contribution in [0.4, 0.5) is 0 Å². The molecule has 6 nitrogen and oxygen atoms in total. The van der Waals surface area contributed by atoms with Crippen molar-refractivity contribution in [3.63, 3.8) is 0 Å². The molecule has 0 atom stereocenters. The number of halogens is 1. The molecule has 0 bridgehead atoms. The van der Waals surface area contributed by atoms with Crippen LogP contribution in [0, 0.1) is 13.8 Å².